The number of hydrogen-bond donors (Lipinski definition) is 0. The van der Waals surface area contributed by atoms with E-state index in [9.17, 15) is 4.79 Å². The zero-order chi connectivity index (χ0) is 16.7. The highest BCUT2D eigenvalue weighted by atomic mass is 32.1. The maximum Gasteiger partial charge on any atom is 0.309 e. The summed E-state index contributed by atoms with van der Waals surface area (Å²) in [5.74, 6) is -0.245. The van der Waals surface area contributed by atoms with Gasteiger partial charge < -0.3 is 4.74 Å². The summed E-state index contributed by atoms with van der Waals surface area (Å²) in [5.41, 5.74) is 3.65. The van der Waals surface area contributed by atoms with Crippen LogP contribution in [0.4, 0.5) is 0 Å². The lowest BCUT2D eigenvalue weighted by Gasteiger charge is -1.99. The molecule has 3 heterocycles. The van der Waals surface area contributed by atoms with Crippen LogP contribution in [-0.2, 0) is 23.0 Å². The summed E-state index contributed by atoms with van der Waals surface area (Å²) in [7, 11) is 3.27. The second-order valence-electron chi connectivity index (χ2n) is 5.48. The van der Waals surface area contributed by atoms with Gasteiger partial charge in [0.05, 0.1) is 29.9 Å². The molecule has 24 heavy (non-hydrogen) atoms. The van der Waals surface area contributed by atoms with Crippen molar-refractivity contribution in [3.63, 3.8) is 0 Å². The third kappa shape index (κ3) is 2.52. The number of hydrogen-bond acceptors (Lipinski definition) is 6. The molecule has 0 aliphatic rings. The van der Waals surface area contributed by atoms with Gasteiger partial charge in [-0.15, -0.1) is 11.3 Å². The number of esters is 1. The monoisotopic (exact) mass is 338 g/mol. The van der Waals surface area contributed by atoms with Crippen molar-refractivity contribution in [1.82, 2.24) is 19.7 Å². The van der Waals surface area contributed by atoms with E-state index in [1.807, 2.05) is 37.5 Å². The molecule has 0 atom stereocenters. The van der Waals surface area contributed by atoms with Crippen molar-refractivity contribution >= 4 is 38.6 Å². The van der Waals surface area contributed by atoms with Gasteiger partial charge in [-0.25, -0.2) is 9.97 Å². The number of carbonyl (C=O) groups excluding carboxylic acids is 1. The summed E-state index contributed by atoms with van der Waals surface area (Å²) in [5, 5.41) is 6.10. The summed E-state index contributed by atoms with van der Waals surface area (Å²) in [6.07, 6.45) is 3.88. The molecule has 3 aromatic heterocycles. The number of carbonyl (C=O) groups is 1. The average molecular weight is 338 g/mol. The van der Waals surface area contributed by atoms with Crippen LogP contribution in [0.15, 0.2) is 36.7 Å². The lowest BCUT2D eigenvalue weighted by Crippen LogP contribution is -2.03. The third-order valence-corrected chi connectivity index (χ3v) is 4.91. The van der Waals surface area contributed by atoms with Crippen LogP contribution in [0.25, 0.3) is 31.8 Å². The Bertz CT molecular complexity index is 1070. The lowest BCUT2D eigenvalue weighted by atomic mass is 10.1. The Kier molecular flexibility index (Phi) is 3.50. The van der Waals surface area contributed by atoms with E-state index in [0.29, 0.717) is 0 Å². The number of fused-ring (bicyclic) bond motifs is 2. The van der Waals surface area contributed by atoms with Crippen molar-refractivity contribution in [2.24, 2.45) is 7.05 Å². The fourth-order valence-corrected chi connectivity index (χ4v) is 3.61. The summed E-state index contributed by atoms with van der Waals surface area (Å²) >= 11 is 1.58. The second kappa shape index (κ2) is 5.68. The van der Waals surface area contributed by atoms with E-state index in [2.05, 4.69) is 15.1 Å². The van der Waals surface area contributed by atoms with Gasteiger partial charge in [-0.3, -0.25) is 9.48 Å². The first-order valence-corrected chi connectivity index (χ1v) is 8.20. The van der Waals surface area contributed by atoms with Crippen LogP contribution in [0.1, 0.15) is 5.56 Å². The second-order valence-corrected chi connectivity index (χ2v) is 6.51. The Labute approximate surface area is 141 Å². The number of methoxy groups -OCH3 is 1. The fourth-order valence-electron chi connectivity index (χ4n) is 2.60. The van der Waals surface area contributed by atoms with Crippen molar-refractivity contribution in [2.45, 2.75) is 6.42 Å². The number of nitrogens with zero attached hydrogens (tertiary/aromatic N) is 4. The standard InChI is InChI=1S/C17H14N4O2S/c1-21-16-11(9-19-21)7-12(8-18-16)17-20-13-4-3-10(5-14(13)24-17)6-15(22)23-2/h3-5,7-9H,6H2,1-2H3. The summed E-state index contributed by atoms with van der Waals surface area (Å²) in [6.45, 7) is 0. The SMILES string of the molecule is COC(=O)Cc1ccc2nc(-c3cnc4c(cnn4C)c3)sc2c1. The zero-order valence-electron chi connectivity index (χ0n) is 13.2. The van der Waals surface area contributed by atoms with Crippen LogP contribution >= 0.6 is 11.3 Å². The van der Waals surface area contributed by atoms with Crippen LogP contribution in [0, 0.1) is 0 Å². The Morgan fingerprint density at radius 3 is 3.00 bits per heavy atom. The molecule has 0 amide bonds. The predicted molar refractivity (Wildman–Crippen MR) is 92.8 cm³/mol. The van der Waals surface area contributed by atoms with Crippen molar-refractivity contribution < 1.29 is 9.53 Å². The summed E-state index contributed by atoms with van der Waals surface area (Å²) < 4.78 is 7.50. The number of aromatic nitrogens is 4. The summed E-state index contributed by atoms with van der Waals surface area (Å²) in [4.78, 5) is 20.6. The Hall–Kier alpha value is -2.80. The number of ether oxygens (including phenoxy) is 1. The number of rotatable bonds is 3. The first kappa shape index (κ1) is 14.8. The number of pyridine rings is 1. The van der Waals surface area contributed by atoms with Gasteiger partial charge in [-0.2, -0.15) is 5.10 Å². The van der Waals surface area contributed by atoms with E-state index in [0.717, 1.165) is 37.4 Å². The van der Waals surface area contributed by atoms with Crippen molar-refractivity contribution in [3.05, 3.63) is 42.2 Å². The smallest absolute Gasteiger partial charge is 0.309 e. The topological polar surface area (TPSA) is 69.9 Å². The molecular weight excluding hydrogens is 324 g/mol. The predicted octanol–water partition coefficient (Wildman–Crippen LogP) is 2.96. The highest BCUT2D eigenvalue weighted by molar-refractivity contribution is 7.21. The molecule has 0 saturated carbocycles. The van der Waals surface area contributed by atoms with E-state index >= 15 is 0 Å². The van der Waals surface area contributed by atoms with Crippen LogP contribution in [0.2, 0.25) is 0 Å². The molecule has 6 nitrogen and oxygen atoms in total. The van der Waals surface area contributed by atoms with Gasteiger partial charge in [0.25, 0.3) is 0 Å². The van der Waals surface area contributed by atoms with Crippen molar-refractivity contribution in [1.29, 1.82) is 0 Å². The lowest BCUT2D eigenvalue weighted by molar-refractivity contribution is -0.139. The molecule has 0 radical (unpaired) electrons. The molecule has 7 heteroatoms. The van der Waals surface area contributed by atoms with Crippen LogP contribution in [0.5, 0.6) is 0 Å². The maximum absolute atomic E-state index is 11.4. The Morgan fingerprint density at radius 1 is 1.29 bits per heavy atom. The largest absolute Gasteiger partial charge is 0.469 e. The number of benzene rings is 1. The van der Waals surface area contributed by atoms with E-state index in [-0.39, 0.29) is 12.4 Å². The maximum atomic E-state index is 11.4. The highest BCUT2D eigenvalue weighted by Crippen LogP contribution is 2.31. The highest BCUT2D eigenvalue weighted by Gasteiger charge is 2.11. The molecule has 120 valence electrons. The first-order valence-electron chi connectivity index (χ1n) is 7.38. The zero-order valence-corrected chi connectivity index (χ0v) is 14.0. The van der Waals surface area contributed by atoms with Crippen molar-refractivity contribution in [3.8, 4) is 10.6 Å². The molecule has 0 bridgehead atoms. The van der Waals surface area contributed by atoms with Crippen LogP contribution in [-0.4, -0.2) is 32.8 Å². The minimum absolute atomic E-state index is 0.245. The van der Waals surface area contributed by atoms with Gasteiger partial charge in [0, 0.05) is 24.2 Å². The van der Waals surface area contributed by atoms with Crippen LogP contribution in [0.3, 0.4) is 0 Å². The third-order valence-electron chi connectivity index (χ3n) is 3.85. The van der Waals surface area contributed by atoms with E-state index in [1.54, 1.807) is 22.2 Å². The minimum atomic E-state index is -0.245. The Balaban J connectivity index is 1.74. The molecule has 0 saturated heterocycles. The number of thiazole rings is 1. The Morgan fingerprint density at radius 2 is 2.17 bits per heavy atom. The average Bonchev–Trinajstić information content (AvgIpc) is 3.18. The first-order chi connectivity index (χ1) is 11.6. The van der Waals surface area contributed by atoms with Gasteiger partial charge in [0.15, 0.2) is 5.65 Å². The van der Waals surface area contributed by atoms with E-state index in [1.165, 1.54) is 7.11 Å². The molecular formula is C17H14N4O2S. The van der Waals surface area contributed by atoms with Gasteiger partial charge in [0.1, 0.15) is 5.01 Å². The minimum Gasteiger partial charge on any atom is -0.469 e. The van der Waals surface area contributed by atoms with Gasteiger partial charge in [0.2, 0.25) is 0 Å². The molecule has 0 N–H and O–H groups in total. The van der Waals surface area contributed by atoms with Crippen LogP contribution < -0.4 is 0 Å². The molecule has 0 aliphatic carbocycles. The van der Waals surface area contributed by atoms with E-state index < -0.39 is 0 Å². The molecule has 1 aromatic carbocycles. The molecule has 4 rings (SSSR count). The normalized spacial score (nSPS) is 11.2. The molecule has 0 unspecified atom stereocenters. The molecule has 4 aromatic rings. The molecule has 0 aliphatic heterocycles. The summed E-state index contributed by atoms with van der Waals surface area (Å²) in [6, 6.07) is 7.88. The molecule has 0 spiro atoms. The van der Waals surface area contributed by atoms with Gasteiger partial charge >= 0.3 is 5.97 Å². The quantitative estimate of drug-likeness (QED) is 0.537. The molecule has 0 fully saturated rings. The van der Waals surface area contributed by atoms with E-state index in [4.69, 9.17) is 4.74 Å². The van der Waals surface area contributed by atoms with Gasteiger partial charge in [-0.1, -0.05) is 6.07 Å². The van der Waals surface area contributed by atoms with Crippen molar-refractivity contribution in [2.75, 3.05) is 7.11 Å². The fraction of sp³-hybridized carbons (Fsp3) is 0.176. The van der Waals surface area contributed by atoms with Gasteiger partial charge in [-0.05, 0) is 23.8 Å². The number of aryl methyl sites for hydroxylation is 1.